The lowest BCUT2D eigenvalue weighted by Gasteiger charge is -1.97. The molecule has 0 fully saturated rings. The number of aryl methyl sites for hydroxylation is 3. The Hall–Kier alpha value is -0.120. The molecule has 0 saturated carbocycles. The van der Waals surface area contributed by atoms with Gasteiger partial charge in [0.2, 0.25) is 0 Å². The van der Waals surface area contributed by atoms with Gasteiger partial charge in [0.05, 0.1) is 0 Å². The summed E-state index contributed by atoms with van der Waals surface area (Å²) in [6.07, 6.45) is 4.55. The zero-order chi connectivity index (χ0) is 8.27. The smallest absolute Gasteiger partial charge is 0.178 e. The molecule has 1 aromatic rings. The van der Waals surface area contributed by atoms with E-state index in [2.05, 4.69) is 43.8 Å². The summed E-state index contributed by atoms with van der Waals surface area (Å²) in [6, 6.07) is 4.44. The average Bonchev–Trinajstić information content (AvgIpc) is 1.98. The second-order valence-electron chi connectivity index (χ2n) is 3.04. The number of rotatable bonds is 2. The van der Waals surface area contributed by atoms with Crippen molar-refractivity contribution < 1.29 is 28.5 Å². The number of nitrogens with zero attached hydrogens (tertiary/aromatic N) is 1. The predicted molar refractivity (Wildman–Crippen MR) is 46.4 cm³/mol. The molecule has 0 unspecified atom stereocenters. The molecule has 1 nitrogen and oxygen atoms in total. The molecule has 0 spiro atoms. The summed E-state index contributed by atoms with van der Waals surface area (Å²) in [4.78, 5) is 0. The van der Waals surface area contributed by atoms with Gasteiger partial charge in [-0.05, 0) is 12.0 Å². The number of hydrogen-bond donors (Lipinski definition) is 0. The van der Waals surface area contributed by atoms with Crippen LogP contribution >= 0.6 is 0 Å². The number of halogens is 1. The van der Waals surface area contributed by atoms with E-state index in [4.69, 9.17) is 0 Å². The van der Waals surface area contributed by atoms with Crippen molar-refractivity contribution in [3.8, 4) is 0 Å². The van der Waals surface area contributed by atoms with E-state index < -0.39 is 0 Å². The van der Waals surface area contributed by atoms with Crippen LogP contribution in [0.5, 0.6) is 0 Å². The van der Waals surface area contributed by atoms with E-state index in [-0.39, 0.29) is 24.0 Å². The van der Waals surface area contributed by atoms with Crippen LogP contribution in [0.4, 0.5) is 0 Å². The van der Waals surface area contributed by atoms with E-state index in [1.165, 1.54) is 24.1 Å². The van der Waals surface area contributed by atoms with E-state index in [1.807, 2.05) is 0 Å². The van der Waals surface area contributed by atoms with Crippen molar-refractivity contribution in [2.24, 2.45) is 7.05 Å². The van der Waals surface area contributed by atoms with Crippen molar-refractivity contribution in [3.63, 3.8) is 0 Å². The van der Waals surface area contributed by atoms with Crippen LogP contribution in [-0.2, 0) is 13.5 Å². The molecule has 12 heavy (non-hydrogen) atoms. The Morgan fingerprint density at radius 3 is 2.58 bits per heavy atom. The molecular formula is C10H16IN. The maximum Gasteiger partial charge on any atom is 0.178 e. The largest absolute Gasteiger partial charge is 1.00 e. The Labute approximate surface area is 91.8 Å². The summed E-state index contributed by atoms with van der Waals surface area (Å²) in [5.41, 5.74) is 2.78. The first-order valence-corrected chi connectivity index (χ1v) is 4.19. The summed E-state index contributed by atoms with van der Waals surface area (Å²) in [5, 5.41) is 0. The molecule has 0 aliphatic heterocycles. The first-order chi connectivity index (χ1) is 5.24. The number of aromatic nitrogens is 1. The summed E-state index contributed by atoms with van der Waals surface area (Å²) in [5.74, 6) is 0. The third-order valence-electron chi connectivity index (χ3n) is 2.00. The Morgan fingerprint density at radius 1 is 1.42 bits per heavy atom. The highest BCUT2D eigenvalue weighted by atomic mass is 127. The van der Waals surface area contributed by atoms with Gasteiger partial charge in [0, 0.05) is 19.1 Å². The highest BCUT2D eigenvalue weighted by molar-refractivity contribution is 5.11. The second-order valence-corrected chi connectivity index (χ2v) is 3.04. The Balaban J connectivity index is 0.00000121. The lowest BCUT2D eigenvalue weighted by Crippen LogP contribution is -3.00. The topological polar surface area (TPSA) is 3.88 Å². The van der Waals surface area contributed by atoms with Gasteiger partial charge in [0.1, 0.15) is 7.05 Å². The quantitative estimate of drug-likeness (QED) is 0.471. The fourth-order valence-electron chi connectivity index (χ4n) is 1.19. The lowest BCUT2D eigenvalue weighted by atomic mass is 10.1. The Morgan fingerprint density at radius 2 is 2.08 bits per heavy atom. The predicted octanol–water partition coefficient (Wildman–Crippen LogP) is -1.22. The maximum absolute atomic E-state index is 2.25. The number of hydrogen-bond acceptors (Lipinski definition) is 0. The number of pyridine rings is 1. The molecule has 0 aliphatic carbocycles. The Bertz CT molecular complexity index is 246. The molecule has 0 bridgehead atoms. The van der Waals surface area contributed by atoms with Crippen LogP contribution in [0.2, 0.25) is 0 Å². The van der Waals surface area contributed by atoms with Gasteiger partial charge in [-0.15, -0.1) is 0 Å². The van der Waals surface area contributed by atoms with Crippen molar-refractivity contribution >= 4 is 0 Å². The maximum atomic E-state index is 2.25. The van der Waals surface area contributed by atoms with Crippen LogP contribution in [0.25, 0.3) is 0 Å². The SMILES string of the molecule is CCCc1cc[n+](C)c(C)c1.[I-]. The fourth-order valence-corrected chi connectivity index (χ4v) is 1.19. The van der Waals surface area contributed by atoms with Gasteiger partial charge in [0.15, 0.2) is 11.9 Å². The van der Waals surface area contributed by atoms with E-state index in [9.17, 15) is 0 Å². The molecule has 0 radical (unpaired) electrons. The van der Waals surface area contributed by atoms with Crippen LogP contribution in [0, 0.1) is 6.92 Å². The van der Waals surface area contributed by atoms with Crippen LogP contribution < -0.4 is 28.5 Å². The molecule has 0 aromatic carbocycles. The molecular weight excluding hydrogens is 261 g/mol. The van der Waals surface area contributed by atoms with Gasteiger partial charge in [-0.25, -0.2) is 4.57 Å². The van der Waals surface area contributed by atoms with E-state index in [1.54, 1.807) is 0 Å². The van der Waals surface area contributed by atoms with Gasteiger partial charge in [0.25, 0.3) is 0 Å². The van der Waals surface area contributed by atoms with E-state index in [0.717, 1.165) is 0 Å². The van der Waals surface area contributed by atoms with Gasteiger partial charge in [-0.3, -0.25) is 0 Å². The van der Waals surface area contributed by atoms with Crippen molar-refractivity contribution in [2.75, 3.05) is 0 Å². The van der Waals surface area contributed by atoms with Crippen LogP contribution in [0.3, 0.4) is 0 Å². The lowest BCUT2D eigenvalue weighted by molar-refractivity contribution is -0.677. The molecule has 0 atom stereocenters. The highest BCUT2D eigenvalue weighted by Gasteiger charge is 1.99. The molecule has 2 heteroatoms. The first kappa shape index (κ1) is 11.9. The minimum atomic E-state index is 0. The van der Waals surface area contributed by atoms with E-state index in [0.29, 0.717) is 0 Å². The third kappa shape index (κ3) is 3.09. The van der Waals surface area contributed by atoms with Crippen LogP contribution in [0.1, 0.15) is 24.6 Å². The normalized spacial score (nSPS) is 9.25. The first-order valence-electron chi connectivity index (χ1n) is 4.19. The van der Waals surface area contributed by atoms with Crippen molar-refractivity contribution in [1.29, 1.82) is 0 Å². The summed E-state index contributed by atoms with van der Waals surface area (Å²) in [6.45, 7) is 4.35. The molecule has 0 amide bonds. The summed E-state index contributed by atoms with van der Waals surface area (Å²) < 4.78 is 2.14. The van der Waals surface area contributed by atoms with Crippen LogP contribution in [-0.4, -0.2) is 0 Å². The van der Waals surface area contributed by atoms with Gasteiger partial charge < -0.3 is 24.0 Å². The standard InChI is InChI=1S/C10H16N.HI/c1-4-5-10-6-7-11(3)9(2)8-10;/h6-8H,4-5H2,1-3H3;1H/q+1;/p-1. The molecule has 1 aromatic heterocycles. The zero-order valence-corrected chi connectivity index (χ0v) is 10.1. The van der Waals surface area contributed by atoms with E-state index >= 15 is 0 Å². The van der Waals surface area contributed by atoms with Crippen LogP contribution in [0.15, 0.2) is 18.3 Å². The monoisotopic (exact) mass is 277 g/mol. The van der Waals surface area contributed by atoms with Gasteiger partial charge >= 0.3 is 0 Å². The molecule has 0 saturated heterocycles. The van der Waals surface area contributed by atoms with Gasteiger partial charge in [-0.1, -0.05) is 13.3 Å². The summed E-state index contributed by atoms with van der Waals surface area (Å²) >= 11 is 0. The van der Waals surface area contributed by atoms with Gasteiger partial charge in [-0.2, -0.15) is 0 Å². The minimum absolute atomic E-state index is 0. The Kier molecular flexibility index (Phi) is 5.46. The zero-order valence-electron chi connectivity index (χ0n) is 7.97. The molecule has 68 valence electrons. The van der Waals surface area contributed by atoms with Crippen molar-refractivity contribution in [1.82, 2.24) is 0 Å². The molecule has 0 N–H and O–H groups in total. The molecule has 1 rings (SSSR count). The third-order valence-corrected chi connectivity index (χ3v) is 2.00. The second kappa shape index (κ2) is 5.51. The minimum Gasteiger partial charge on any atom is -1.00 e. The van der Waals surface area contributed by atoms with Crippen molar-refractivity contribution in [3.05, 3.63) is 29.6 Å². The summed E-state index contributed by atoms with van der Waals surface area (Å²) in [7, 11) is 2.07. The average molecular weight is 277 g/mol. The molecule has 0 aliphatic rings. The highest BCUT2D eigenvalue weighted by Crippen LogP contribution is 2.01. The molecule has 1 heterocycles. The fraction of sp³-hybridized carbons (Fsp3) is 0.500. The van der Waals surface area contributed by atoms with Crippen molar-refractivity contribution in [2.45, 2.75) is 26.7 Å².